The Morgan fingerprint density at radius 1 is 1.25 bits per heavy atom. The fourth-order valence-electron chi connectivity index (χ4n) is 2.58. The van der Waals surface area contributed by atoms with Crippen LogP contribution in [-0.2, 0) is 6.54 Å². The van der Waals surface area contributed by atoms with Crippen LogP contribution in [0, 0.1) is 6.92 Å². The summed E-state index contributed by atoms with van der Waals surface area (Å²) in [4.78, 5) is 11.3. The monoisotopic (exact) mass is 275 g/mol. The third-order valence-corrected chi connectivity index (χ3v) is 3.69. The lowest BCUT2D eigenvalue weighted by atomic mass is 10.1. The van der Waals surface area contributed by atoms with Gasteiger partial charge in [-0.05, 0) is 19.9 Å². The third kappa shape index (κ3) is 2.72. The van der Waals surface area contributed by atoms with Gasteiger partial charge in [0.05, 0.1) is 6.54 Å². The summed E-state index contributed by atoms with van der Waals surface area (Å²) in [5.41, 5.74) is 0. The molecule has 1 aliphatic heterocycles. The second-order valence-corrected chi connectivity index (χ2v) is 5.79. The number of hydrogen-bond acceptors (Lipinski definition) is 5. The lowest BCUT2D eigenvalue weighted by Crippen LogP contribution is -2.20. The molecule has 108 valence electrons. The molecular formula is C13H21N7. The Labute approximate surface area is 118 Å². The van der Waals surface area contributed by atoms with Gasteiger partial charge in [-0.3, -0.25) is 15.1 Å². The minimum Gasteiger partial charge on any atom is -0.295 e. The molecule has 3 rings (SSSR count). The molecular weight excluding hydrogens is 254 g/mol. The molecule has 0 spiro atoms. The molecule has 7 nitrogen and oxygen atoms in total. The molecule has 2 aromatic rings. The molecule has 0 radical (unpaired) electrons. The van der Waals surface area contributed by atoms with Crippen molar-refractivity contribution in [3.05, 3.63) is 23.3 Å². The molecule has 20 heavy (non-hydrogen) atoms. The van der Waals surface area contributed by atoms with Crippen molar-refractivity contribution in [3.63, 3.8) is 0 Å². The second kappa shape index (κ2) is 5.32. The molecule has 0 saturated carbocycles. The minimum atomic E-state index is 0.363. The molecule has 7 heteroatoms. The summed E-state index contributed by atoms with van der Waals surface area (Å²) in [6, 6.07) is 0. The van der Waals surface area contributed by atoms with Crippen LogP contribution in [0.2, 0.25) is 0 Å². The van der Waals surface area contributed by atoms with Gasteiger partial charge in [0, 0.05) is 18.4 Å². The zero-order valence-corrected chi connectivity index (χ0v) is 12.2. The van der Waals surface area contributed by atoms with E-state index in [9.17, 15) is 0 Å². The topological polar surface area (TPSA) is 86.4 Å². The van der Waals surface area contributed by atoms with Crippen molar-refractivity contribution in [2.24, 2.45) is 0 Å². The van der Waals surface area contributed by atoms with Gasteiger partial charge >= 0.3 is 0 Å². The van der Waals surface area contributed by atoms with E-state index in [0.29, 0.717) is 11.8 Å². The van der Waals surface area contributed by atoms with E-state index in [1.807, 2.05) is 6.92 Å². The average molecular weight is 275 g/mol. The van der Waals surface area contributed by atoms with E-state index in [0.717, 1.165) is 49.4 Å². The second-order valence-electron chi connectivity index (χ2n) is 5.79. The van der Waals surface area contributed by atoms with Crippen LogP contribution in [0.4, 0.5) is 0 Å². The molecule has 1 unspecified atom stereocenters. The normalized spacial score (nSPS) is 20.1. The van der Waals surface area contributed by atoms with E-state index in [2.05, 4.69) is 49.1 Å². The van der Waals surface area contributed by atoms with Crippen LogP contribution in [0.3, 0.4) is 0 Å². The number of aromatic amines is 2. The van der Waals surface area contributed by atoms with Gasteiger partial charge < -0.3 is 0 Å². The minimum absolute atomic E-state index is 0.363. The summed E-state index contributed by atoms with van der Waals surface area (Å²) < 4.78 is 0. The molecule has 1 fully saturated rings. The zero-order valence-electron chi connectivity index (χ0n) is 12.2. The Balaban J connectivity index is 1.59. The van der Waals surface area contributed by atoms with Crippen molar-refractivity contribution >= 4 is 0 Å². The molecule has 2 aromatic heterocycles. The van der Waals surface area contributed by atoms with Crippen molar-refractivity contribution in [1.29, 1.82) is 0 Å². The Hall–Kier alpha value is -1.76. The largest absolute Gasteiger partial charge is 0.295 e. The first-order valence-electron chi connectivity index (χ1n) is 7.14. The number of nitrogens with one attached hydrogen (secondary N) is 2. The van der Waals surface area contributed by atoms with Crippen LogP contribution in [-0.4, -0.2) is 48.4 Å². The number of H-pyrrole nitrogens is 2. The first kappa shape index (κ1) is 13.2. The molecule has 0 bridgehead atoms. The summed E-state index contributed by atoms with van der Waals surface area (Å²) in [5, 5.41) is 14.5. The Bertz CT molecular complexity index is 571. The molecule has 0 aliphatic carbocycles. The molecule has 2 N–H and O–H groups in total. The Kier molecular flexibility index (Phi) is 3.52. The standard InChI is InChI=1S/C13H21N7/c1-8(2)12-15-11(17-18-12)7-20-5-4-10(6-20)13-14-9(3)16-19-13/h8,10H,4-7H2,1-3H3,(H,14,16,19)(H,15,17,18). The molecule has 3 heterocycles. The summed E-state index contributed by atoms with van der Waals surface area (Å²) >= 11 is 0. The van der Waals surface area contributed by atoms with Crippen LogP contribution in [0.5, 0.6) is 0 Å². The fraction of sp³-hybridized carbons (Fsp3) is 0.692. The smallest absolute Gasteiger partial charge is 0.155 e. The van der Waals surface area contributed by atoms with Crippen molar-refractivity contribution < 1.29 is 0 Å². The summed E-state index contributed by atoms with van der Waals surface area (Å²) in [6.45, 7) is 8.99. The van der Waals surface area contributed by atoms with Crippen molar-refractivity contribution in [2.45, 2.75) is 45.6 Å². The maximum Gasteiger partial charge on any atom is 0.155 e. The van der Waals surface area contributed by atoms with Crippen molar-refractivity contribution in [2.75, 3.05) is 13.1 Å². The maximum atomic E-state index is 4.53. The molecule has 1 aliphatic rings. The average Bonchev–Trinajstić information content (AvgIpc) is 3.09. The molecule has 1 saturated heterocycles. The van der Waals surface area contributed by atoms with Gasteiger partial charge in [-0.1, -0.05) is 13.8 Å². The molecule has 0 aromatic carbocycles. The highest BCUT2D eigenvalue weighted by molar-refractivity contribution is 5.02. The van der Waals surface area contributed by atoms with Crippen LogP contribution in [0.1, 0.15) is 55.4 Å². The van der Waals surface area contributed by atoms with Gasteiger partial charge in [-0.2, -0.15) is 10.2 Å². The molecule has 0 amide bonds. The fourth-order valence-corrected chi connectivity index (χ4v) is 2.58. The molecule has 1 atom stereocenters. The number of aromatic nitrogens is 6. The van der Waals surface area contributed by atoms with Crippen LogP contribution in [0.25, 0.3) is 0 Å². The Morgan fingerprint density at radius 2 is 2.10 bits per heavy atom. The SMILES string of the molecule is Cc1nc(C2CCN(Cc3nc(C(C)C)n[nH]3)C2)n[nH]1. The van der Waals surface area contributed by atoms with E-state index < -0.39 is 0 Å². The first-order valence-corrected chi connectivity index (χ1v) is 7.14. The van der Waals surface area contributed by atoms with Gasteiger partial charge in [-0.15, -0.1) is 0 Å². The summed E-state index contributed by atoms with van der Waals surface area (Å²) in [6.07, 6.45) is 1.10. The van der Waals surface area contributed by atoms with Crippen LogP contribution < -0.4 is 0 Å². The lowest BCUT2D eigenvalue weighted by Gasteiger charge is -2.12. The first-order chi connectivity index (χ1) is 9.61. The number of likely N-dealkylation sites (tertiary alicyclic amines) is 1. The van der Waals surface area contributed by atoms with Crippen LogP contribution in [0.15, 0.2) is 0 Å². The van der Waals surface area contributed by atoms with E-state index in [1.165, 1.54) is 0 Å². The van der Waals surface area contributed by atoms with Gasteiger partial charge in [0.1, 0.15) is 11.6 Å². The highest BCUT2D eigenvalue weighted by atomic mass is 15.3. The lowest BCUT2D eigenvalue weighted by molar-refractivity contribution is 0.317. The Morgan fingerprint density at radius 3 is 2.75 bits per heavy atom. The van der Waals surface area contributed by atoms with E-state index in [1.54, 1.807) is 0 Å². The highest BCUT2D eigenvalue weighted by Crippen LogP contribution is 2.25. The summed E-state index contributed by atoms with van der Waals surface area (Å²) in [5.74, 6) is 4.44. The highest BCUT2D eigenvalue weighted by Gasteiger charge is 2.27. The van der Waals surface area contributed by atoms with E-state index in [4.69, 9.17) is 0 Å². The van der Waals surface area contributed by atoms with Crippen molar-refractivity contribution in [1.82, 2.24) is 35.3 Å². The number of aryl methyl sites for hydroxylation is 1. The van der Waals surface area contributed by atoms with Gasteiger partial charge in [0.2, 0.25) is 0 Å². The summed E-state index contributed by atoms with van der Waals surface area (Å²) in [7, 11) is 0. The number of hydrogen-bond donors (Lipinski definition) is 2. The van der Waals surface area contributed by atoms with Gasteiger partial charge in [0.25, 0.3) is 0 Å². The van der Waals surface area contributed by atoms with Crippen molar-refractivity contribution in [3.8, 4) is 0 Å². The van der Waals surface area contributed by atoms with Crippen LogP contribution >= 0.6 is 0 Å². The van der Waals surface area contributed by atoms with Gasteiger partial charge in [0.15, 0.2) is 11.6 Å². The zero-order chi connectivity index (χ0) is 14.1. The predicted molar refractivity (Wildman–Crippen MR) is 74.2 cm³/mol. The van der Waals surface area contributed by atoms with E-state index >= 15 is 0 Å². The quantitative estimate of drug-likeness (QED) is 0.879. The van der Waals surface area contributed by atoms with E-state index in [-0.39, 0.29) is 0 Å². The predicted octanol–water partition coefficient (Wildman–Crippen LogP) is 1.34. The maximum absolute atomic E-state index is 4.53. The third-order valence-electron chi connectivity index (χ3n) is 3.69. The number of nitrogens with zero attached hydrogens (tertiary/aromatic N) is 5. The number of rotatable bonds is 4. The van der Waals surface area contributed by atoms with Gasteiger partial charge in [-0.25, -0.2) is 9.97 Å².